The lowest BCUT2D eigenvalue weighted by atomic mass is 9.70. The standard InChI is InChI=1S/C55H49N/c1-4-14-38(15-5-1)41-24-29-44(30-25-41)56(45-31-26-42(27-32-45)39-16-6-2-7-17-39)46-33-35-50-48-21-11-13-23-52(48)55(54(50)37-46)51-22-12-10-20-47(51)49-34-28-43(36-53(49)55)40-18-8-3-9-19-40/h3,8-13,18-39H,1-2,4-7,14-17H2. The molecule has 274 valence electrons. The summed E-state index contributed by atoms with van der Waals surface area (Å²) in [4.78, 5) is 2.52. The maximum Gasteiger partial charge on any atom is 0.0726 e. The van der Waals surface area contributed by atoms with Crippen LogP contribution in [-0.4, -0.2) is 0 Å². The van der Waals surface area contributed by atoms with Crippen LogP contribution in [0.25, 0.3) is 33.4 Å². The summed E-state index contributed by atoms with van der Waals surface area (Å²) in [5.41, 5.74) is 19.6. The molecule has 2 fully saturated rings. The lowest BCUT2D eigenvalue weighted by molar-refractivity contribution is 0.443. The van der Waals surface area contributed by atoms with Gasteiger partial charge in [-0.15, -0.1) is 0 Å². The van der Waals surface area contributed by atoms with E-state index in [0.717, 1.165) is 0 Å². The third-order valence-corrected chi connectivity index (χ3v) is 13.9. The predicted octanol–water partition coefficient (Wildman–Crippen LogP) is 15.3. The highest BCUT2D eigenvalue weighted by atomic mass is 15.1. The number of rotatable bonds is 6. The number of hydrogen-bond acceptors (Lipinski definition) is 1. The molecule has 0 saturated heterocycles. The lowest BCUT2D eigenvalue weighted by Gasteiger charge is -2.32. The molecule has 1 spiro atoms. The summed E-state index contributed by atoms with van der Waals surface area (Å²) in [5, 5.41) is 0. The van der Waals surface area contributed by atoms with Gasteiger partial charge in [0.1, 0.15) is 0 Å². The van der Waals surface area contributed by atoms with Crippen LogP contribution in [0.3, 0.4) is 0 Å². The Labute approximate surface area is 332 Å². The lowest BCUT2D eigenvalue weighted by Crippen LogP contribution is -2.26. The number of anilines is 3. The van der Waals surface area contributed by atoms with E-state index in [-0.39, 0.29) is 0 Å². The van der Waals surface area contributed by atoms with E-state index in [1.165, 1.54) is 148 Å². The molecule has 0 N–H and O–H groups in total. The van der Waals surface area contributed by atoms with Gasteiger partial charge in [0.2, 0.25) is 0 Å². The van der Waals surface area contributed by atoms with Gasteiger partial charge in [0.25, 0.3) is 0 Å². The molecular formula is C55H49N. The Balaban J connectivity index is 1.10. The Morgan fingerprint density at radius 1 is 0.339 bits per heavy atom. The van der Waals surface area contributed by atoms with Crippen molar-refractivity contribution < 1.29 is 0 Å². The molecule has 1 heteroatoms. The van der Waals surface area contributed by atoms with E-state index in [4.69, 9.17) is 0 Å². The van der Waals surface area contributed by atoms with Crippen molar-refractivity contribution in [2.75, 3.05) is 4.90 Å². The van der Waals surface area contributed by atoms with Crippen LogP contribution in [0.15, 0.2) is 164 Å². The fourth-order valence-corrected chi connectivity index (χ4v) is 11.2. The highest BCUT2D eigenvalue weighted by Gasteiger charge is 2.52. The Kier molecular flexibility index (Phi) is 8.31. The highest BCUT2D eigenvalue weighted by molar-refractivity contribution is 5.97. The van der Waals surface area contributed by atoms with Crippen molar-refractivity contribution in [3.63, 3.8) is 0 Å². The molecule has 1 nitrogen and oxygen atoms in total. The van der Waals surface area contributed by atoms with Gasteiger partial charge in [0.05, 0.1) is 5.41 Å². The van der Waals surface area contributed by atoms with Gasteiger partial charge in [0, 0.05) is 17.1 Å². The molecule has 56 heavy (non-hydrogen) atoms. The maximum atomic E-state index is 2.54. The molecule has 4 aliphatic rings. The topological polar surface area (TPSA) is 3.24 Å². The van der Waals surface area contributed by atoms with Crippen molar-refractivity contribution in [2.45, 2.75) is 81.5 Å². The van der Waals surface area contributed by atoms with Crippen LogP contribution in [0.1, 0.15) is 109 Å². The summed E-state index contributed by atoms with van der Waals surface area (Å²) in [6.45, 7) is 0. The molecule has 1 atom stereocenters. The van der Waals surface area contributed by atoms with Crippen molar-refractivity contribution in [1.29, 1.82) is 0 Å². The molecular weight excluding hydrogens is 675 g/mol. The Bertz CT molecular complexity index is 2460. The first-order chi connectivity index (χ1) is 27.8. The van der Waals surface area contributed by atoms with Gasteiger partial charge in [-0.25, -0.2) is 0 Å². The molecule has 0 aromatic heterocycles. The average Bonchev–Trinajstić information content (AvgIpc) is 3.74. The minimum Gasteiger partial charge on any atom is -0.310 e. The zero-order valence-corrected chi connectivity index (χ0v) is 32.3. The summed E-state index contributed by atoms with van der Waals surface area (Å²) in [7, 11) is 0. The van der Waals surface area contributed by atoms with Gasteiger partial charge in [-0.3, -0.25) is 0 Å². The Morgan fingerprint density at radius 3 is 1.34 bits per heavy atom. The summed E-state index contributed by atoms with van der Waals surface area (Å²) >= 11 is 0. The Hall–Kier alpha value is -5.66. The van der Waals surface area contributed by atoms with Crippen LogP contribution in [-0.2, 0) is 5.41 Å². The SMILES string of the molecule is c1ccc(-c2ccc3c(c2)C2(c4ccccc4-3)c3ccccc3-c3ccc(N(c4ccc(C5CCCCC5)cc4)c4ccc(C5CCCCC5)cc4)cc32)cc1. The number of benzene rings is 7. The predicted molar refractivity (Wildman–Crippen MR) is 235 cm³/mol. The van der Waals surface area contributed by atoms with Gasteiger partial charge in [-0.05, 0) is 147 Å². The minimum absolute atomic E-state index is 0.431. The first kappa shape index (κ1) is 33.7. The molecule has 0 radical (unpaired) electrons. The van der Waals surface area contributed by atoms with Crippen molar-refractivity contribution in [3.05, 3.63) is 197 Å². The largest absolute Gasteiger partial charge is 0.310 e. The fourth-order valence-electron chi connectivity index (χ4n) is 11.2. The molecule has 0 amide bonds. The smallest absolute Gasteiger partial charge is 0.0726 e. The molecule has 0 aliphatic heterocycles. The van der Waals surface area contributed by atoms with E-state index in [1.807, 2.05) is 0 Å². The molecule has 2 saturated carbocycles. The van der Waals surface area contributed by atoms with Crippen molar-refractivity contribution in [2.24, 2.45) is 0 Å². The van der Waals surface area contributed by atoms with E-state index in [2.05, 4.69) is 169 Å². The first-order valence-electron chi connectivity index (χ1n) is 21.3. The average molecular weight is 724 g/mol. The van der Waals surface area contributed by atoms with E-state index >= 15 is 0 Å². The highest BCUT2D eigenvalue weighted by Crippen LogP contribution is 2.63. The molecule has 0 heterocycles. The Morgan fingerprint density at radius 2 is 0.786 bits per heavy atom. The monoisotopic (exact) mass is 723 g/mol. The van der Waals surface area contributed by atoms with Crippen LogP contribution in [0, 0.1) is 0 Å². The summed E-state index contributed by atoms with van der Waals surface area (Å²) < 4.78 is 0. The number of fused-ring (bicyclic) bond motifs is 10. The van der Waals surface area contributed by atoms with Crippen LogP contribution in [0.4, 0.5) is 17.1 Å². The minimum atomic E-state index is -0.431. The van der Waals surface area contributed by atoms with E-state index in [1.54, 1.807) is 0 Å². The van der Waals surface area contributed by atoms with E-state index in [0.29, 0.717) is 11.8 Å². The van der Waals surface area contributed by atoms with Crippen molar-refractivity contribution in [1.82, 2.24) is 0 Å². The van der Waals surface area contributed by atoms with Gasteiger partial charge in [-0.1, -0.05) is 160 Å². The quantitative estimate of drug-likeness (QED) is 0.165. The zero-order chi connectivity index (χ0) is 37.1. The van der Waals surface area contributed by atoms with E-state index in [9.17, 15) is 0 Å². The molecule has 11 rings (SSSR count). The van der Waals surface area contributed by atoms with Crippen LogP contribution < -0.4 is 4.90 Å². The van der Waals surface area contributed by atoms with Crippen LogP contribution in [0.5, 0.6) is 0 Å². The fraction of sp³-hybridized carbons (Fsp3) is 0.236. The molecule has 0 bridgehead atoms. The summed E-state index contributed by atoms with van der Waals surface area (Å²) in [6.07, 6.45) is 13.4. The maximum absolute atomic E-state index is 2.54. The summed E-state index contributed by atoms with van der Waals surface area (Å²) in [6, 6.07) is 63.0. The summed E-state index contributed by atoms with van der Waals surface area (Å²) in [5.74, 6) is 1.37. The van der Waals surface area contributed by atoms with Crippen LogP contribution >= 0.6 is 0 Å². The molecule has 4 aliphatic carbocycles. The van der Waals surface area contributed by atoms with E-state index < -0.39 is 5.41 Å². The molecule has 1 unspecified atom stereocenters. The molecule has 7 aromatic rings. The van der Waals surface area contributed by atoms with Crippen LogP contribution in [0.2, 0.25) is 0 Å². The van der Waals surface area contributed by atoms with Crippen molar-refractivity contribution in [3.8, 4) is 33.4 Å². The second-order valence-corrected chi connectivity index (χ2v) is 16.9. The third-order valence-electron chi connectivity index (χ3n) is 13.9. The molecule has 7 aromatic carbocycles. The second kappa shape index (κ2) is 13.8. The van der Waals surface area contributed by atoms with Gasteiger partial charge < -0.3 is 4.90 Å². The number of hydrogen-bond donors (Lipinski definition) is 0. The van der Waals surface area contributed by atoms with Gasteiger partial charge >= 0.3 is 0 Å². The number of nitrogens with zero attached hydrogens (tertiary/aromatic N) is 1. The van der Waals surface area contributed by atoms with Gasteiger partial charge in [0.15, 0.2) is 0 Å². The normalized spacial score (nSPS) is 18.6. The zero-order valence-electron chi connectivity index (χ0n) is 32.3. The van der Waals surface area contributed by atoms with Gasteiger partial charge in [-0.2, -0.15) is 0 Å². The third kappa shape index (κ3) is 5.35. The first-order valence-corrected chi connectivity index (χ1v) is 21.3. The second-order valence-electron chi connectivity index (χ2n) is 16.9. The van der Waals surface area contributed by atoms with Crippen molar-refractivity contribution >= 4 is 17.1 Å².